The van der Waals surface area contributed by atoms with Gasteiger partial charge in [-0.25, -0.2) is 18.1 Å². The van der Waals surface area contributed by atoms with E-state index >= 15 is 0 Å². The minimum atomic E-state index is -3.69. The maximum Gasteiger partial charge on any atom is 0.241 e. The van der Waals surface area contributed by atoms with Crippen LogP contribution in [-0.2, 0) is 16.6 Å². The molecule has 9 heteroatoms. The van der Waals surface area contributed by atoms with Crippen LogP contribution >= 0.6 is 22.9 Å². The van der Waals surface area contributed by atoms with Crippen molar-refractivity contribution in [2.45, 2.75) is 11.4 Å². The molecule has 6 nitrogen and oxygen atoms in total. The summed E-state index contributed by atoms with van der Waals surface area (Å²) in [5.74, 6) is 0.419. The number of benzene rings is 1. The minimum Gasteiger partial charge on any atom is -0.495 e. The van der Waals surface area contributed by atoms with E-state index in [9.17, 15) is 8.42 Å². The second kappa shape index (κ2) is 7.49. The quantitative estimate of drug-likeness (QED) is 0.692. The minimum absolute atomic E-state index is 0.0733. The van der Waals surface area contributed by atoms with Gasteiger partial charge in [0.25, 0.3) is 0 Å². The molecule has 0 fully saturated rings. The van der Waals surface area contributed by atoms with Gasteiger partial charge in [0.15, 0.2) is 0 Å². The third kappa shape index (κ3) is 4.16. The van der Waals surface area contributed by atoms with Gasteiger partial charge in [-0.15, -0.1) is 11.3 Å². The van der Waals surface area contributed by atoms with Crippen molar-refractivity contribution >= 4 is 33.0 Å². The van der Waals surface area contributed by atoms with Crippen molar-refractivity contribution in [3.05, 3.63) is 58.1 Å². The van der Waals surface area contributed by atoms with Gasteiger partial charge in [0, 0.05) is 23.3 Å². The van der Waals surface area contributed by atoms with Crippen molar-refractivity contribution in [2.24, 2.45) is 0 Å². The van der Waals surface area contributed by atoms with E-state index in [0.29, 0.717) is 10.8 Å². The molecular weight excluding hydrogens is 382 g/mol. The average Bonchev–Trinajstić information content (AvgIpc) is 3.10. The van der Waals surface area contributed by atoms with Gasteiger partial charge in [0.1, 0.15) is 10.8 Å². The molecule has 0 atom stereocenters. The van der Waals surface area contributed by atoms with E-state index < -0.39 is 10.0 Å². The zero-order valence-electron chi connectivity index (χ0n) is 13.1. The van der Waals surface area contributed by atoms with Crippen LogP contribution in [0.1, 0.15) is 5.01 Å². The number of rotatable bonds is 6. The Morgan fingerprint density at radius 3 is 2.68 bits per heavy atom. The van der Waals surface area contributed by atoms with E-state index in [4.69, 9.17) is 16.3 Å². The number of pyridine rings is 1. The van der Waals surface area contributed by atoms with Crippen molar-refractivity contribution in [3.63, 3.8) is 0 Å². The third-order valence-corrected chi connectivity index (χ3v) is 5.92. The number of aromatic nitrogens is 2. The van der Waals surface area contributed by atoms with E-state index in [0.717, 1.165) is 11.3 Å². The van der Waals surface area contributed by atoms with Crippen LogP contribution in [0, 0.1) is 0 Å². The summed E-state index contributed by atoms with van der Waals surface area (Å²) in [5, 5.41) is 2.78. The summed E-state index contributed by atoms with van der Waals surface area (Å²) in [4.78, 5) is 8.48. The van der Waals surface area contributed by atoms with Gasteiger partial charge in [-0.05, 0) is 30.3 Å². The normalized spacial score (nSPS) is 11.4. The van der Waals surface area contributed by atoms with Crippen molar-refractivity contribution in [1.29, 1.82) is 0 Å². The predicted molar refractivity (Wildman–Crippen MR) is 97.4 cm³/mol. The standard InChI is InChI=1S/C16H14ClN3O3S2/c1-23-15-3-2-12(8-13(15)17)25(21,22)19-9-16-20-14(10-24-16)11-4-6-18-7-5-11/h2-8,10,19H,9H2,1H3. The van der Waals surface area contributed by atoms with E-state index in [1.165, 1.54) is 36.6 Å². The molecule has 25 heavy (non-hydrogen) atoms. The van der Waals surface area contributed by atoms with Crippen LogP contribution in [0.3, 0.4) is 0 Å². The highest BCUT2D eigenvalue weighted by molar-refractivity contribution is 7.89. The van der Waals surface area contributed by atoms with Crippen molar-refractivity contribution in [3.8, 4) is 17.0 Å². The summed E-state index contributed by atoms with van der Waals surface area (Å²) in [6, 6.07) is 8.01. The van der Waals surface area contributed by atoms with Gasteiger partial charge in [-0.1, -0.05) is 11.6 Å². The van der Waals surface area contributed by atoms with E-state index in [-0.39, 0.29) is 16.5 Å². The molecule has 0 saturated carbocycles. The fourth-order valence-electron chi connectivity index (χ4n) is 2.10. The highest BCUT2D eigenvalue weighted by Crippen LogP contribution is 2.27. The maximum absolute atomic E-state index is 12.4. The molecule has 0 saturated heterocycles. The lowest BCUT2D eigenvalue weighted by Crippen LogP contribution is -2.23. The third-order valence-electron chi connectivity index (χ3n) is 3.37. The van der Waals surface area contributed by atoms with Crippen molar-refractivity contribution < 1.29 is 13.2 Å². The first-order valence-electron chi connectivity index (χ1n) is 7.17. The molecule has 3 aromatic rings. The molecular formula is C16H14ClN3O3S2. The zero-order chi connectivity index (χ0) is 17.9. The summed E-state index contributed by atoms with van der Waals surface area (Å²) >= 11 is 7.38. The van der Waals surface area contributed by atoms with Crippen LogP contribution in [0.15, 0.2) is 53.0 Å². The number of sulfonamides is 1. The second-order valence-corrected chi connectivity index (χ2v) is 8.10. The van der Waals surface area contributed by atoms with E-state index in [1.807, 2.05) is 17.5 Å². The van der Waals surface area contributed by atoms with Crippen LogP contribution < -0.4 is 9.46 Å². The van der Waals surface area contributed by atoms with Crippen LogP contribution in [0.25, 0.3) is 11.3 Å². The lowest BCUT2D eigenvalue weighted by Gasteiger charge is -2.08. The van der Waals surface area contributed by atoms with Gasteiger partial charge in [-0.3, -0.25) is 4.98 Å². The Labute approximate surface area is 154 Å². The maximum atomic E-state index is 12.4. The SMILES string of the molecule is COc1ccc(S(=O)(=O)NCc2nc(-c3ccncc3)cs2)cc1Cl. The topological polar surface area (TPSA) is 81.2 Å². The largest absolute Gasteiger partial charge is 0.495 e. The molecule has 0 spiro atoms. The monoisotopic (exact) mass is 395 g/mol. The summed E-state index contributed by atoms with van der Waals surface area (Å²) in [7, 11) is -2.23. The second-order valence-electron chi connectivity index (χ2n) is 4.98. The Kier molecular flexibility index (Phi) is 5.33. The average molecular weight is 396 g/mol. The van der Waals surface area contributed by atoms with Crippen LogP contribution in [0.5, 0.6) is 5.75 Å². The highest BCUT2D eigenvalue weighted by atomic mass is 35.5. The van der Waals surface area contributed by atoms with E-state index in [2.05, 4.69) is 14.7 Å². The Balaban J connectivity index is 1.72. The van der Waals surface area contributed by atoms with E-state index in [1.54, 1.807) is 12.4 Å². The molecule has 0 aliphatic rings. The molecule has 0 radical (unpaired) electrons. The summed E-state index contributed by atoms with van der Waals surface area (Å²) in [6.45, 7) is 0.0989. The molecule has 3 rings (SSSR count). The summed E-state index contributed by atoms with van der Waals surface area (Å²) < 4.78 is 32.3. The first kappa shape index (κ1) is 17.8. The first-order valence-corrected chi connectivity index (χ1v) is 9.91. The summed E-state index contributed by atoms with van der Waals surface area (Å²) in [5.41, 5.74) is 1.72. The molecule has 2 heterocycles. The molecule has 0 amide bonds. The Hall–Kier alpha value is -2.00. The molecule has 0 unspecified atom stereocenters. The van der Waals surface area contributed by atoms with Gasteiger partial charge in [0.2, 0.25) is 10.0 Å². The number of ether oxygens (including phenoxy) is 1. The number of thiazole rings is 1. The molecule has 1 aromatic carbocycles. The fourth-order valence-corrected chi connectivity index (χ4v) is 4.27. The highest BCUT2D eigenvalue weighted by Gasteiger charge is 2.17. The zero-order valence-corrected chi connectivity index (χ0v) is 15.5. The first-order chi connectivity index (χ1) is 12.0. The van der Waals surface area contributed by atoms with Crippen molar-refractivity contribution in [1.82, 2.24) is 14.7 Å². The number of nitrogens with one attached hydrogen (secondary N) is 1. The van der Waals surface area contributed by atoms with Gasteiger partial charge in [0.05, 0.1) is 29.3 Å². The van der Waals surface area contributed by atoms with Gasteiger partial charge in [-0.2, -0.15) is 0 Å². The number of methoxy groups -OCH3 is 1. The number of hydrogen-bond donors (Lipinski definition) is 1. The Morgan fingerprint density at radius 2 is 2.00 bits per heavy atom. The number of halogens is 1. The van der Waals surface area contributed by atoms with Crippen LogP contribution in [0.4, 0.5) is 0 Å². The lowest BCUT2D eigenvalue weighted by molar-refractivity contribution is 0.414. The molecule has 2 aromatic heterocycles. The van der Waals surface area contributed by atoms with Crippen LogP contribution in [0.2, 0.25) is 5.02 Å². The fraction of sp³-hybridized carbons (Fsp3) is 0.125. The van der Waals surface area contributed by atoms with Gasteiger partial charge >= 0.3 is 0 Å². The molecule has 1 N–H and O–H groups in total. The molecule has 0 bridgehead atoms. The Bertz CT molecular complexity index is 975. The Morgan fingerprint density at radius 1 is 1.24 bits per heavy atom. The smallest absolute Gasteiger partial charge is 0.241 e. The van der Waals surface area contributed by atoms with Crippen LogP contribution in [-0.4, -0.2) is 25.5 Å². The molecule has 130 valence electrons. The lowest BCUT2D eigenvalue weighted by atomic mass is 10.2. The molecule has 0 aliphatic carbocycles. The molecule has 0 aliphatic heterocycles. The predicted octanol–water partition coefficient (Wildman–Crippen LogP) is 3.35. The van der Waals surface area contributed by atoms with Crippen molar-refractivity contribution in [2.75, 3.05) is 7.11 Å². The van der Waals surface area contributed by atoms with Gasteiger partial charge < -0.3 is 4.74 Å². The summed E-state index contributed by atoms with van der Waals surface area (Å²) in [6.07, 6.45) is 3.37. The number of hydrogen-bond acceptors (Lipinski definition) is 6. The number of nitrogens with zero attached hydrogens (tertiary/aromatic N) is 2.